The van der Waals surface area contributed by atoms with Crippen LogP contribution in [0.1, 0.15) is 0 Å². The van der Waals surface area contributed by atoms with Crippen LogP contribution in [-0.4, -0.2) is 13.7 Å². The van der Waals surface area contributed by atoms with E-state index < -0.39 is 0 Å². The molecule has 3 heterocycles. The first kappa shape index (κ1) is 28.0. The quantitative estimate of drug-likeness (QED) is 0.180. The molecular weight excluding hydrogens is 619 g/mol. The Bertz CT molecular complexity index is 3050. The highest BCUT2D eigenvalue weighted by molar-refractivity contribution is 6.26. The SMILES string of the molecule is c1ccc(-c2ccc(-n3c4ccccc4c4ccc5c(c6ccccc6n5-c5ccc(-n6c7ccccc7c7ccccc76)cc5)c43)cc2)cc1. The van der Waals surface area contributed by atoms with E-state index in [0.717, 1.165) is 17.1 Å². The van der Waals surface area contributed by atoms with Crippen molar-refractivity contribution in [3.8, 4) is 28.2 Å². The lowest BCUT2D eigenvalue weighted by Gasteiger charge is -2.12. The number of hydrogen-bond acceptors (Lipinski definition) is 0. The second-order valence-electron chi connectivity index (χ2n) is 13.4. The molecule has 8 aromatic carbocycles. The van der Waals surface area contributed by atoms with Crippen LogP contribution in [0.25, 0.3) is 93.6 Å². The number of para-hydroxylation sites is 4. The van der Waals surface area contributed by atoms with E-state index in [0.29, 0.717) is 0 Å². The number of fused-ring (bicyclic) bond motifs is 10. The molecule has 0 bridgehead atoms. The first-order valence-corrected chi connectivity index (χ1v) is 17.5. The van der Waals surface area contributed by atoms with Crippen LogP contribution in [0.4, 0.5) is 0 Å². The number of benzene rings is 8. The lowest BCUT2D eigenvalue weighted by atomic mass is 10.1. The fourth-order valence-electron chi connectivity index (χ4n) is 8.44. The summed E-state index contributed by atoms with van der Waals surface area (Å²) in [5.41, 5.74) is 13.1. The summed E-state index contributed by atoms with van der Waals surface area (Å²) in [6.45, 7) is 0. The molecule has 0 radical (unpaired) electrons. The number of rotatable bonds is 4. The smallest absolute Gasteiger partial charge is 0.0641 e. The van der Waals surface area contributed by atoms with Gasteiger partial charge in [0.05, 0.1) is 33.1 Å². The topological polar surface area (TPSA) is 14.8 Å². The predicted molar refractivity (Wildman–Crippen MR) is 215 cm³/mol. The second kappa shape index (κ2) is 10.8. The summed E-state index contributed by atoms with van der Waals surface area (Å²) in [5, 5.41) is 7.57. The van der Waals surface area contributed by atoms with E-state index in [1.807, 2.05) is 0 Å². The Hall–Kier alpha value is -6.84. The van der Waals surface area contributed by atoms with Gasteiger partial charge in [0.15, 0.2) is 0 Å². The highest BCUT2D eigenvalue weighted by Crippen LogP contribution is 2.42. The molecule has 0 saturated carbocycles. The molecule has 0 N–H and O–H groups in total. The lowest BCUT2D eigenvalue weighted by Crippen LogP contribution is -1.97. The van der Waals surface area contributed by atoms with Gasteiger partial charge in [0.1, 0.15) is 0 Å². The second-order valence-corrected chi connectivity index (χ2v) is 13.4. The van der Waals surface area contributed by atoms with E-state index in [1.54, 1.807) is 0 Å². The van der Waals surface area contributed by atoms with Crippen molar-refractivity contribution in [3.63, 3.8) is 0 Å². The van der Waals surface area contributed by atoms with Crippen LogP contribution in [-0.2, 0) is 0 Å². The average molecular weight is 650 g/mol. The fraction of sp³-hybridized carbons (Fsp3) is 0. The summed E-state index contributed by atoms with van der Waals surface area (Å²) < 4.78 is 7.27. The molecule has 11 rings (SSSR count). The number of nitrogens with zero attached hydrogens (tertiary/aromatic N) is 3. The first-order chi connectivity index (χ1) is 25.3. The highest BCUT2D eigenvalue weighted by Gasteiger charge is 2.21. The molecule has 3 nitrogen and oxygen atoms in total. The Labute approximate surface area is 294 Å². The molecule has 0 aliphatic carbocycles. The van der Waals surface area contributed by atoms with Crippen LogP contribution in [0, 0.1) is 0 Å². The maximum Gasteiger partial charge on any atom is 0.0641 e. The molecule has 0 aliphatic heterocycles. The van der Waals surface area contributed by atoms with Gasteiger partial charge in [-0.25, -0.2) is 0 Å². The van der Waals surface area contributed by atoms with Crippen molar-refractivity contribution >= 4 is 65.4 Å². The van der Waals surface area contributed by atoms with Gasteiger partial charge in [0, 0.05) is 49.4 Å². The molecule has 0 amide bonds. The Kier molecular flexibility index (Phi) is 5.96. The largest absolute Gasteiger partial charge is 0.309 e. The molecule has 3 heteroatoms. The lowest BCUT2D eigenvalue weighted by molar-refractivity contribution is 1.14. The number of aromatic nitrogens is 3. The van der Waals surface area contributed by atoms with E-state index in [-0.39, 0.29) is 0 Å². The molecule has 0 aliphatic rings. The molecule has 0 fully saturated rings. The van der Waals surface area contributed by atoms with Crippen LogP contribution in [0.5, 0.6) is 0 Å². The fourth-order valence-corrected chi connectivity index (χ4v) is 8.44. The van der Waals surface area contributed by atoms with Gasteiger partial charge in [-0.1, -0.05) is 121 Å². The van der Waals surface area contributed by atoms with Gasteiger partial charge in [-0.3, -0.25) is 0 Å². The third-order valence-electron chi connectivity index (χ3n) is 10.6. The molecular formula is C48H31N3. The molecule has 11 aromatic rings. The maximum absolute atomic E-state index is 2.46. The van der Waals surface area contributed by atoms with Gasteiger partial charge in [0.25, 0.3) is 0 Å². The van der Waals surface area contributed by atoms with Crippen LogP contribution in [0.3, 0.4) is 0 Å². The zero-order valence-electron chi connectivity index (χ0n) is 27.7. The summed E-state index contributed by atoms with van der Waals surface area (Å²) in [6.07, 6.45) is 0. The maximum atomic E-state index is 2.46. The molecule has 0 atom stereocenters. The zero-order chi connectivity index (χ0) is 33.5. The molecule has 0 unspecified atom stereocenters. The molecule has 3 aromatic heterocycles. The minimum Gasteiger partial charge on any atom is -0.309 e. The van der Waals surface area contributed by atoms with Crippen molar-refractivity contribution < 1.29 is 0 Å². The Balaban J connectivity index is 1.14. The van der Waals surface area contributed by atoms with E-state index in [1.165, 1.54) is 76.5 Å². The standard InChI is InChI=1S/C48H31N3/c1-2-12-32(13-3-1)33-22-24-36(25-23-33)51-44-20-10-6-16-39(44)40-30-31-46-47(48(40)51)41-17-7-11-21-45(41)50(46)35-28-26-34(27-29-35)49-42-18-8-4-14-37(42)38-15-5-9-19-43(38)49/h1-31H. The highest BCUT2D eigenvalue weighted by atomic mass is 15.0. The van der Waals surface area contributed by atoms with Crippen molar-refractivity contribution in [1.29, 1.82) is 0 Å². The monoisotopic (exact) mass is 649 g/mol. The first-order valence-electron chi connectivity index (χ1n) is 17.5. The Morgan fingerprint density at radius 2 is 0.627 bits per heavy atom. The van der Waals surface area contributed by atoms with Gasteiger partial charge in [-0.05, 0) is 77.9 Å². The summed E-state index contributed by atoms with van der Waals surface area (Å²) in [7, 11) is 0. The molecule has 51 heavy (non-hydrogen) atoms. The van der Waals surface area contributed by atoms with Crippen LogP contribution >= 0.6 is 0 Å². The Morgan fingerprint density at radius 3 is 1.22 bits per heavy atom. The zero-order valence-corrected chi connectivity index (χ0v) is 27.7. The minimum absolute atomic E-state index is 1.14. The third kappa shape index (κ3) is 4.06. The van der Waals surface area contributed by atoms with Gasteiger partial charge in [0.2, 0.25) is 0 Å². The molecule has 0 spiro atoms. The van der Waals surface area contributed by atoms with Gasteiger partial charge in [-0.2, -0.15) is 0 Å². The van der Waals surface area contributed by atoms with Crippen LogP contribution < -0.4 is 0 Å². The van der Waals surface area contributed by atoms with Crippen molar-refractivity contribution in [2.75, 3.05) is 0 Å². The van der Waals surface area contributed by atoms with E-state index in [4.69, 9.17) is 0 Å². The normalized spacial score (nSPS) is 11.9. The summed E-state index contributed by atoms with van der Waals surface area (Å²) in [4.78, 5) is 0. The van der Waals surface area contributed by atoms with Crippen molar-refractivity contribution in [3.05, 3.63) is 188 Å². The predicted octanol–water partition coefficient (Wildman–Crippen LogP) is 12.6. The Morgan fingerprint density at radius 1 is 0.235 bits per heavy atom. The van der Waals surface area contributed by atoms with Gasteiger partial charge >= 0.3 is 0 Å². The number of hydrogen-bond donors (Lipinski definition) is 0. The summed E-state index contributed by atoms with van der Waals surface area (Å²) in [5.74, 6) is 0. The van der Waals surface area contributed by atoms with E-state index >= 15 is 0 Å². The third-order valence-corrected chi connectivity index (χ3v) is 10.6. The summed E-state index contributed by atoms with van der Waals surface area (Å²) in [6, 6.07) is 68.3. The van der Waals surface area contributed by atoms with E-state index in [2.05, 4.69) is 202 Å². The van der Waals surface area contributed by atoms with Crippen molar-refractivity contribution in [1.82, 2.24) is 13.7 Å². The van der Waals surface area contributed by atoms with Crippen molar-refractivity contribution in [2.45, 2.75) is 0 Å². The average Bonchev–Trinajstić information content (AvgIpc) is 3.84. The van der Waals surface area contributed by atoms with Crippen LogP contribution in [0.2, 0.25) is 0 Å². The van der Waals surface area contributed by atoms with E-state index in [9.17, 15) is 0 Å². The van der Waals surface area contributed by atoms with Gasteiger partial charge < -0.3 is 13.7 Å². The van der Waals surface area contributed by atoms with Crippen LogP contribution in [0.15, 0.2) is 188 Å². The minimum atomic E-state index is 1.14. The molecule has 238 valence electrons. The van der Waals surface area contributed by atoms with Gasteiger partial charge in [-0.15, -0.1) is 0 Å². The molecule has 0 saturated heterocycles. The van der Waals surface area contributed by atoms with Crippen molar-refractivity contribution in [2.24, 2.45) is 0 Å². The summed E-state index contributed by atoms with van der Waals surface area (Å²) >= 11 is 0.